The van der Waals surface area contributed by atoms with Crippen LogP contribution in [0.2, 0.25) is 0 Å². The zero-order valence-electron chi connectivity index (χ0n) is 16.7. The summed E-state index contributed by atoms with van der Waals surface area (Å²) in [7, 11) is 1.76. The van der Waals surface area contributed by atoms with Gasteiger partial charge in [-0.3, -0.25) is 4.79 Å². The molecule has 28 heavy (non-hydrogen) atoms. The van der Waals surface area contributed by atoms with Gasteiger partial charge in [0, 0.05) is 52.6 Å². The van der Waals surface area contributed by atoms with Crippen LogP contribution < -0.4 is 0 Å². The Labute approximate surface area is 164 Å². The van der Waals surface area contributed by atoms with Gasteiger partial charge in [-0.1, -0.05) is 0 Å². The van der Waals surface area contributed by atoms with Crippen LogP contribution in [0.15, 0.2) is 18.6 Å². The Hall–Kier alpha value is -2.24. The molecule has 3 rings (SSSR count). The van der Waals surface area contributed by atoms with Crippen LogP contribution in [0.25, 0.3) is 11.5 Å². The third-order valence-electron chi connectivity index (χ3n) is 4.51. The smallest absolute Gasteiger partial charge is 0.300 e. The molecule has 1 aliphatic rings. The van der Waals surface area contributed by atoms with Gasteiger partial charge in [0.15, 0.2) is 5.82 Å². The highest BCUT2D eigenvalue weighted by molar-refractivity contribution is 7.89. The van der Waals surface area contributed by atoms with Crippen molar-refractivity contribution in [1.29, 1.82) is 0 Å². The van der Waals surface area contributed by atoms with Gasteiger partial charge >= 0.3 is 0 Å². The standard InChI is InChI=1S/C15H23N5O3S.C2H4O2/c1-11-17-13(7-19(11)4)15-16-5-6-20(15)14-9-23-8-12(14)10-24(21,22)18(2)3;1-2(3)4/h5-7,12,14H,8-10H2,1-4H3;1H3,(H,3,4)/t12-,14+;/m0./s1. The molecular weight excluding hydrogens is 386 g/mol. The first-order chi connectivity index (χ1) is 13.0. The first kappa shape index (κ1) is 22.1. The van der Waals surface area contributed by atoms with Gasteiger partial charge < -0.3 is 19.0 Å². The lowest BCUT2D eigenvalue weighted by atomic mass is 10.1. The molecule has 2 atom stereocenters. The summed E-state index contributed by atoms with van der Waals surface area (Å²) < 4.78 is 35.2. The summed E-state index contributed by atoms with van der Waals surface area (Å²) in [5.41, 5.74) is 0.779. The minimum atomic E-state index is -3.29. The summed E-state index contributed by atoms with van der Waals surface area (Å²) >= 11 is 0. The molecule has 156 valence electrons. The lowest BCUT2D eigenvalue weighted by Crippen LogP contribution is -2.32. The van der Waals surface area contributed by atoms with Crippen molar-refractivity contribution < 1.29 is 23.1 Å². The average Bonchev–Trinajstić information content (AvgIpc) is 3.27. The molecule has 0 aromatic carbocycles. The number of hydrogen-bond acceptors (Lipinski definition) is 6. The number of ether oxygens (including phenoxy) is 1. The van der Waals surface area contributed by atoms with E-state index in [-0.39, 0.29) is 17.7 Å². The van der Waals surface area contributed by atoms with Gasteiger partial charge in [0.2, 0.25) is 10.0 Å². The van der Waals surface area contributed by atoms with Gasteiger partial charge in [-0.05, 0) is 6.92 Å². The second-order valence-electron chi connectivity index (χ2n) is 6.89. The molecule has 1 N–H and O–H groups in total. The Bertz CT molecular complexity index is 895. The molecule has 11 heteroatoms. The predicted molar refractivity (Wildman–Crippen MR) is 103 cm³/mol. The van der Waals surface area contributed by atoms with Gasteiger partial charge in [-0.2, -0.15) is 0 Å². The highest BCUT2D eigenvalue weighted by Gasteiger charge is 2.35. The van der Waals surface area contributed by atoms with Crippen LogP contribution in [0.4, 0.5) is 0 Å². The zero-order valence-corrected chi connectivity index (χ0v) is 17.5. The van der Waals surface area contributed by atoms with E-state index in [1.54, 1.807) is 20.3 Å². The summed E-state index contributed by atoms with van der Waals surface area (Å²) in [6, 6.07) is -0.0699. The normalized spacial score (nSPS) is 19.5. The molecule has 1 aliphatic heterocycles. The van der Waals surface area contributed by atoms with Crippen molar-refractivity contribution in [2.24, 2.45) is 13.0 Å². The molecule has 0 spiro atoms. The molecular formula is C17H27N5O5S. The lowest BCUT2D eigenvalue weighted by Gasteiger charge is -2.22. The molecule has 2 aromatic rings. The van der Waals surface area contributed by atoms with E-state index in [9.17, 15) is 8.42 Å². The van der Waals surface area contributed by atoms with Crippen molar-refractivity contribution in [3.8, 4) is 11.5 Å². The van der Waals surface area contributed by atoms with E-state index in [4.69, 9.17) is 14.6 Å². The molecule has 3 heterocycles. The van der Waals surface area contributed by atoms with Crippen molar-refractivity contribution >= 4 is 16.0 Å². The lowest BCUT2D eigenvalue weighted by molar-refractivity contribution is -0.134. The van der Waals surface area contributed by atoms with Gasteiger partial charge in [0.25, 0.3) is 5.97 Å². The SMILES string of the molecule is CC(=O)O.Cc1nc(-c2nccn2[C@@H]2COC[C@H]2CS(=O)(=O)N(C)C)cn1C. The Balaban J connectivity index is 0.000000640. The van der Waals surface area contributed by atoms with E-state index in [0.717, 1.165) is 24.3 Å². The van der Waals surface area contributed by atoms with Crippen molar-refractivity contribution in [2.45, 2.75) is 19.9 Å². The second-order valence-corrected chi connectivity index (χ2v) is 9.11. The summed E-state index contributed by atoms with van der Waals surface area (Å²) in [6.45, 7) is 3.92. The highest BCUT2D eigenvalue weighted by atomic mass is 32.2. The predicted octanol–water partition coefficient (Wildman–Crippen LogP) is 0.762. The summed E-state index contributed by atoms with van der Waals surface area (Å²) in [5.74, 6) is 0.745. The molecule has 0 saturated carbocycles. The average molecular weight is 414 g/mol. The number of hydrogen-bond donors (Lipinski definition) is 1. The number of nitrogens with zero attached hydrogens (tertiary/aromatic N) is 5. The van der Waals surface area contributed by atoms with Crippen LogP contribution in [0.3, 0.4) is 0 Å². The fraction of sp³-hybridized carbons (Fsp3) is 0.588. The molecule has 0 radical (unpaired) electrons. The molecule has 0 aliphatic carbocycles. The van der Waals surface area contributed by atoms with E-state index in [2.05, 4.69) is 9.97 Å². The number of rotatable bonds is 5. The fourth-order valence-electron chi connectivity index (χ4n) is 2.92. The molecule has 0 unspecified atom stereocenters. The van der Waals surface area contributed by atoms with E-state index in [0.29, 0.717) is 13.2 Å². The molecule has 1 fully saturated rings. The van der Waals surface area contributed by atoms with Crippen LogP contribution in [0.5, 0.6) is 0 Å². The van der Waals surface area contributed by atoms with Gasteiger partial charge in [0.05, 0.1) is 25.0 Å². The number of carboxylic acid groups (broad SMARTS) is 1. The Morgan fingerprint density at radius 2 is 2.04 bits per heavy atom. The monoisotopic (exact) mass is 413 g/mol. The number of sulfonamides is 1. The number of aliphatic carboxylic acids is 1. The Kier molecular flexibility index (Phi) is 6.96. The summed E-state index contributed by atoms with van der Waals surface area (Å²) in [4.78, 5) is 17.9. The van der Waals surface area contributed by atoms with Crippen molar-refractivity contribution in [3.63, 3.8) is 0 Å². The second kappa shape index (κ2) is 8.84. The van der Waals surface area contributed by atoms with Crippen molar-refractivity contribution in [2.75, 3.05) is 33.1 Å². The van der Waals surface area contributed by atoms with E-state index in [1.807, 2.05) is 35.5 Å². The maximum Gasteiger partial charge on any atom is 0.300 e. The highest BCUT2D eigenvalue weighted by Crippen LogP contribution is 2.31. The first-order valence-electron chi connectivity index (χ1n) is 8.73. The third kappa shape index (κ3) is 5.18. The molecule has 10 nitrogen and oxygen atoms in total. The quantitative estimate of drug-likeness (QED) is 0.768. The summed E-state index contributed by atoms with van der Waals surface area (Å²) in [6.07, 6.45) is 5.51. The molecule has 2 aromatic heterocycles. The van der Waals surface area contributed by atoms with Crippen LogP contribution in [0, 0.1) is 12.8 Å². The minimum absolute atomic E-state index is 0.0591. The number of imidazole rings is 2. The largest absolute Gasteiger partial charge is 0.481 e. The first-order valence-corrected chi connectivity index (χ1v) is 10.3. The maximum absolute atomic E-state index is 12.2. The van der Waals surface area contributed by atoms with Crippen LogP contribution in [0.1, 0.15) is 18.8 Å². The summed E-state index contributed by atoms with van der Waals surface area (Å²) in [5, 5.41) is 7.42. The minimum Gasteiger partial charge on any atom is -0.481 e. The van der Waals surface area contributed by atoms with Crippen molar-refractivity contribution in [3.05, 3.63) is 24.4 Å². The fourth-order valence-corrected chi connectivity index (χ4v) is 4.08. The van der Waals surface area contributed by atoms with Crippen molar-refractivity contribution in [1.82, 2.24) is 23.4 Å². The Morgan fingerprint density at radius 3 is 2.57 bits per heavy atom. The number of carboxylic acids is 1. The van der Waals surface area contributed by atoms with Gasteiger partial charge in [0.1, 0.15) is 11.5 Å². The third-order valence-corrected chi connectivity index (χ3v) is 6.47. The van der Waals surface area contributed by atoms with E-state index in [1.165, 1.54) is 4.31 Å². The van der Waals surface area contributed by atoms with E-state index < -0.39 is 16.0 Å². The topological polar surface area (TPSA) is 120 Å². The molecule has 1 saturated heterocycles. The number of carbonyl (C=O) groups is 1. The van der Waals surface area contributed by atoms with Crippen LogP contribution in [-0.2, 0) is 26.6 Å². The maximum atomic E-state index is 12.2. The number of aromatic nitrogens is 4. The van der Waals surface area contributed by atoms with Crippen LogP contribution >= 0.6 is 0 Å². The Morgan fingerprint density at radius 1 is 1.39 bits per heavy atom. The molecule has 0 bridgehead atoms. The van der Waals surface area contributed by atoms with Crippen LogP contribution in [-0.4, -0.2) is 76.0 Å². The molecule has 0 amide bonds. The van der Waals surface area contributed by atoms with Gasteiger partial charge in [-0.15, -0.1) is 0 Å². The zero-order chi connectivity index (χ0) is 21.1. The number of aryl methyl sites for hydroxylation is 2. The van der Waals surface area contributed by atoms with Gasteiger partial charge in [-0.25, -0.2) is 22.7 Å². The van der Waals surface area contributed by atoms with E-state index >= 15 is 0 Å².